The summed E-state index contributed by atoms with van der Waals surface area (Å²) in [6, 6.07) is 6.07. The second-order valence-electron chi connectivity index (χ2n) is 5.19. The topological polar surface area (TPSA) is 28.2 Å². The standard InChI is InChI=1S/C15H25N3/c1-2-14-6-10-18(11-7-14)12-9-16-13-15-5-3-4-8-17-15/h3-5,8,14,16H,2,6-7,9-13H2,1H3. The highest BCUT2D eigenvalue weighted by atomic mass is 15.1. The minimum Gasteiger partial charge on any atom is -0.310 e. The second kappa shape index (κ2) is 7.49. The Bertz CT molecular complexity index is 318. The molecule has 0 aliphatic carbocycles. The molecule has 0 aromatic carbocycles. The molecule has 0 unspecified atom stereocenters. The maximum Gasteiger partial charge on any atom is 0.0541 e. The highest BCUT2D eigenvalue weighted by Crippen LogP contribution is 2.19. The smallest absolute Gasteiger partial charge is 0.0541 e. The lowest BCUT2D eigenvalue weighted by Crippen LogP contribution is -2.38. The third-order valence-corrected chi connectivity index (χ3v) is 3.92. The van der Waals surface area contributed by atoms with Gasteiger partial charge in [-0.1, -0.05) is 19.4 Å². The van der Waals surface area contributed by atoms with E-state index in [2.05, 4.69) is 28.2 Å². The third-order valence-electron chi connectivity index (χ3n) is 3.92. The van der Waals surface area contributed by atoms with Crippen molar-refractivity contribution in [1.82, 2.24) is 15.2 Å². The van der Waals surface area contributed by atoms with Gasteiger partial charge in [-0.3, -0.25) is 4.98 Å². The van der Waals surface area contributed by atoms with Gasteiger partial charge in [0, 0.05) is 25.8 Å². The van der Waals surface area contributed by atoms with Crippen molar-refractivity contribution < 1.29 is 0 Å². The van der Waals surface area contributed by atoms with E-state index in [0.29, 0.717) is 0 Å². The molecule has 1 fully saturated rings. The Morgan fingerprint density at radius 1 is 1.33 bits per heavy atom. The molecule has 100 valence electrons. The van der Waals surface area contributed by atoms with Crippen LogP contribution in [0.3, 0.4) is 0 Å². The third kappa shape index (κ3) is 4.39. The van der Waals surface area contributed by atoms with Crippen molar-refractivity contribution in [3.8, 4) is 0 Å². The largest absolute Gasteiger partial charge is 0.310 e. The normalized spacial score (nSPS) is 18.1. The van der Waals surface area contributed by atoms with Gasteiger partial charge in [0.15, 0.2) is 0 Å². The van der Waals surface area contributed by atoms with Crippen LogP contribution in [0.1, 0.15) is 31.9 Å². The molecule has 0 saturated carbocycles. The summed E-state index contributed by atoms with van der Waals surface area (Å²) in [5.41, 5.74) is 1.13. The lowest BCUT2D eigenvalue weighted by Gasteiger charge is -2.31. The lowest BCUT2D eigenvalue weighted by molar-refractivity contribution is 0.182. The number of rotatable bonds is 6. The maximum absolute atomic E-state index is 4.31. The Morgan fingerprint density at radius 3 is 2.83 bits per heavy atom. The van der Waals surface area contributed by atoms with Crippen LogP contribution < -0.4 is 5.32 Å². The Labute approximate surface area is 111 Å². The summed E-state index contributed by atoms with van der Waals surface area (Å²) in [4.78, 5) is 6.89. The molecule has 1 aliphatic heterocycles. The first-order chi connectivity index (χ1) is 8.88. The molecule has 0 spiro atoms. The van der Waals surface area contributed by atoms with Gasteiger partial charge in [0.05, 0.1) is 5.69 Å². The Kier molecular flexibility index (Phi) is 5.62. The first kappa shape index (κ1) is 13.5. The molecule has 3 nitrogen and oxygen atoms in total. The zero-order valence-electron chi connectivity index (χ0n) is 11.4. The summed E-state index contributed by atoms with van der Waals surface area (Å²) < 4.78 is 0. The van der Waals surface area contributed by atoms with E-state index in [9.17, 15) is 0 Å². The van der Waals surface area contributed by atoms with Gasteiger partial charge in [0.1, 0.15) is 0 Å². The molecule has 3 heteroatoms. The Hall–Kier alpha value is -0.930. The number of nitrogens with zero attached hydrogens (tertiary/aromatic N) is 2. The highest BCUT2D eigenvalue weighted by Gasteiger charge is 2.16. The monoisotopic (exact) mass is 247 g/mol. The van der Waals surface area contributed by atoms with Crippen LogP contribution >= 0.6 is 0 Å². The van der Waals surface area contributed by atoms with Crippen molar-refractivity contribution >= 4 is 0 Å². The second-order valence-corrected chi connectivity index (χ2v) is 5.19. The summed E-state index contributed by atoms with van der Waals surface area (Å²) in [5.74, 6) is 0.975. The van der Waals surface area contributed by atoms with Crippen molar-refractivity contribution in [3.05, 3.63) is 30.1 Å². The SMILES string of the molecule is CCC1CCN(CCNCc2ccccn2)CC1. The predicted octanol–water partition coefficient (Wildman–Crippen LogP) is 2.29. The number of hydrogen-bond donors (Lipinski definition) is 1. The average molecular weight is 247 g/mol. The zero-order chi connectivity index (χ0) is 12.6. The van der Waals surface area contributed by atoms with Gasteiger partial charge in [-0.05, 0) is 44.0 Å². The predicted molar refractivity (Wildman–Crippen MR) is 75.4 cm³/mol. The Morgan fingerprint density at radius 2 is 2.17 bits per heavy atom. The number of aromatic nitrogens is 1. The molecule has 0 bridgehead atoms. The van der Waals surface area contributed by atoms with Gasteiger partial charge in [-0.15, -0.1) is 0 Å². The van der Waals surface area contributed by atoms with E-state index in [0.717, 1.165) is 24.7 Å². The molecule has 1 saturated heterocycles. The van der Waals surface area contributed by atoms with Crippen LogP contribution in [-0.2, 0) is 6.54 Å². The first-order valence-electron chi connectivity index (χ1n) is 7.21. The lowest BCUT2D eigenvalue weighted by atomic mass is 9.94. The molecular formula is C15H25N3. The molecule has 2 heterocycles. The average Bonchev–Trinajstić information content (AvgIpc) is 2.45. The van der Waals surface area contributed by atoms with Crippen LogP contribution in [0.4, 0.5) is 0 Å². The van der Waals surface area contributed by atoms with E-state index >= 15 is 0 Å². The fourth-order valence-corrected chi connectivity index (χ4v) is 2.57. The molecule has 0 atom stereocenters. The molecule has 2 rings (SSSR count). The Balaban J connectivity index is 1.56. The number of piperidine rings is 1. The fraction of sp³-hybridized carbons (Fsp3) is 0.667. The summed E-state index contributed by atoms with van der Waals surface area (Å²) in [5, 5.41) is 3.47. The minimum atomic E-state index is 0.881. The molecular weight excluding hydrogens is 222 g/mol. The fourth-order valence-electron chi connectivity index (χ4n) is 2.57. The molecule has 18 heavy (non-hydrogen) atoms. The van der Waals surface area contributed by atoms with Gasteiger partial charge < -0.3 is 10.2 Å². The highest BCUT2D eigenvalue weighted by molar-refractivity contribution is 5.02. The molecule has 0 radical (unpaired) electrons. The molecule has 1 aromatic heterocycles. The number of hydrogen-bond acceptors (Lipinski definition) is 3. The van der Waals surface area contributed by atoms with Gasteiger partial charge in [-0.2, -0.15) is 0 Å². The van der Waals surface area contributed by atoms with Crippen molar-refractivity contribution in [3.63, 3.8) is 0 Å². The van der Waals surface area contributed by atoms with E-state index in [4.69, 9.17) is 0 Å². The van der Waals surface area contributed by atoms with Crippen molar-refractivity contribution in [2.75, 3.05) is 26.2 Å². The number of nitrogens with one attached hydrogen (secondary N) is 1. The zero-order valence-corrected chi connectivity index (χ0v) is 11.4. The van der Waals surface area contributed by atoms with Gasteiger partial charge in [0.2, 0.25) is 0 Å². The molecule has 1 aliphatic rings. The summed E-state index contributed by atoms with van der Waals surface area (Å²) in [7, 11) is 0. The molecule has 1 N–H and O–H groups in total. The van der Waals surface area contributed by atoms with E-state index in [-0.39, 0.29) is 0 Å². The van der Waals surface area contributed by atoms with Crippen LogP contribution in [0, 0.1) is 5.92 Å². The molecule has 1 aromatic rings. The van der Waals surface area contributed by atoms with Crippen molar-refractivity contribution in [1.29, 1.82) is 0 Å². The van der Waals surface area contributed by atoms with E-state index in [1.54, 1.807) is 0 Å². The minimum absolute atomic E-state index is 0.881. The van der Waals surface area contributed by atoms with Gasteiger partial charge in [-0.25, -0.2) is 0 Å². The van der Waals surface area contributed by atoms with Crippen molar-refractivity contribution in [2.24, 2.45) is 5.92 Å². The van der Waals surface area contributed by atoms with Crippen LogP contribution in [0.5, 0.6) is 0 Å². The number of pyridine rings is 1. The van der Waals surface area contributed by atoms with Crippen LogP contribution in [0.2, 0.25) is 0 Å². The maximum atomic E-state index is 4.31. The van der Waals surface area contributed by atoms with Gasteiger partial charge >= 0.3 is 0 Å². The first-order valence-corrected chi connectivity index (χ1v) is 7.21. The number of likely N-dealkylation sites (tertiary alicyclic amines) is 1. The van der Waals surface area contributed by atoms with E-state index < -0.39 is 0 Å². The quantitative estimate of drug-likeness (QED) is 0.782. The molecule has 0 amide bonds. The van der Waals surface area contributed by atoms with Crippen LogP contribution in [0.25, 0.3) is 0 Å². The van der Waals surface area contributed by atoms with Crippen LogP contribution in [-0.4, -0.2) is 36.1 Å². The van der Waals surface area contributed by atoms with E-state index in [1.807, 2.05) is 18.3 Å². The summed E-state index contributed by atoms with van der Waals surface area (Å²) >= 11 is 0. The van der Waals surface area contributed by atoms with Crippen molar-refractivity contribution in [2.45, 2.75) is 32.7 Å². The van der Waals surface area contributed by atoms with Crippen LogP contribution in [0.15, 0.2) is 24.4 Å². The summed E-state index contributed by atoms with van der Waals surface area (Å²) in [6.07, 6.45) is 5.98. The van der Waals surface area contributed by atoms with Gasteiger partial charge in [0.25, 0.3) is 0 Å². The summed E-state index contributed by atoms with van der Waals surface area (Å²) in [6.45, 7) is 7.99. The van der Waals surface area contributed by atoms with E-state index in [1.165, 1.54) is 38.9 Å².